The third-order valence-corrected chi connectivity index (χ3v) is 2.74. The molecule has 0 unspecified atom stereocenters. The van der Waals surface area contributed by atoms with Crippen LogP contribution in [0.3, 0.4) is 0 Å². The van der Waals surface area contributed by atoms with Gasteiger partial charge in [0.2, 0.25) is 5.95 Å². The number of hydrogen-bond acceptors (Lipinski definition) is 3. The molecule has 1 aromatic heterocycles. The van der Waals surface area contributed by atoms with Crippen LogP contribution in [0.4, 0.5) is 11.6 Å². The van der Waals surface area contributed by atoms with Crippen LogP contribution in [0, 0.1) is 13.8 Å². The summed E-state index contributed by atoms with van der Waals surface area (Å²) in [5, 5.41) is 3.33. The Kier molecular flexibility index (Phi) is 3.99. The van der Waals surface area contributed by atoms with Crippen molar-refractivity contribution in [3.8, 4) is 0 Å². The van der Waals surface area contributed by atoms with Gasteiger partial charge < -0.3 is 14.6 Å². The van der Waals surface area contributed by atoms with Crippen LogP contribution in [0.1, 0.15) is 11.3 Å². The summed E-state index contributed by atoms with van der Waals surface area (Å²) in [6.45, 7) is 5.54. The Morgan fingerprint density at radius 3 is 2.61 bits per heavy atom. The summed E-state index contributed by atoms with van der Waals surface area (Å²) in [5.74, 6) is 0.855. The zero-order chi connectivity index (χ0) is 13.0. The van der Waals surface area contributed by atoms with Gasteiger partial charge in [0.25, 0.3) is 0 Å². The summed E-state index contributed by atoms with van der Waals surface area (Å²) in [5.41, 5.74) is 3.30. The maximum absolute atomic E-state index is 5.10. The van der Waals surface area contributed by atoms with Crippen LogP contribution in [0.5, 0.6) is 0 Å². The first-order valence-electron chi connectivity index (χ1n) is 6.05. The Morgan fingerprint density at radius 1 is 1.22 bits per heavy atom. The second-order valence-corrected chi connectivity index (χ2v) is 4.38. The van der Waals surface area contributed by atoms with Gasteiger partial charge in [-0.05, 0) is 26.0 Å². The Hall–Kier alpha value is -1.81. The van der Waals surface area contributed by atoms with Crippen LogP contribution >= 0.6 is 0 Å². The molecule has 0 aliphatic rings. The maximum Gasteiger partial charge on any atom is 0.207 e. The number of ether oxygens (including phenoxy) is 1. The van der Waals surface area contributed by atoms with Crippen molar-refractivity contribution in [2.24, 2.45) is 0 Å². The van der Waals surface area contributed by atoms with Crippen molar-refractivity contribution in [3.63, 3.8) is 0 Å². The molecule has 1 N–H and O–H groups in total. The van der Waals surface area contributed by atoms with Crippen LogP contribution in [-0.4, -0.2) is 23.3 Å². The van der Waals surface area contributed by atoms with E-state index in [1.54, 1.807) is 7.11 Å². The summed E-state index contributed by atoms with van der Waals surface area (Å²) in [6.07, 6.45) is 2.02. The number of rotatable bonds is 5. The Morgan fingerprint density at radius 2 is 1.94 bits per heavy atom. The first-order valence-corrected chi connectivity index (χ1v) is 6.05. The van der Waals surface area contributed by atoms with Crippen LogP contribution in [0.25, 0.3) is 0 Å². The number of benzene rings is 1. The van der Waals surface area contributed by atoms with Gasteiger partial charge >= 0.3 is 0 Å². The normalized spacial score (nSPS) is 10.6. The molecule has 1 heterocycles. The molecule has 2 aromatic rings. The van der Waals surface area contributed by atoms with E-state index in [1.165, 1.54) is 5.56 Å². The molecule has 4 nitrogen and oxygen atoms in total. The molecule has 0 aliphatic carbocycles. The minimum Gasteiger partial charge on any atom is -0.383 e. The molecule has 0 saturated heterocycles. The lowest BCUT2D eigenvalue weighted by Crippen LogP contribution is -2.07. The third-order valence-electron chi connectivity index (χ3n) is 2.74. The van der Waals surface area contributed by atoms with E-state index in [0.717, 1.165) is 23.9 Å². The van der Waals surface area contributed by atoms with E-state index in [-0.39, 0.29) is 0 Å². The topological polar surface area (TPSA) is 39.1 Å². The number of aromatic nitrogens is 2. The van der Waals surface area contributed by atoms with Gasteiger partial charge in [-0.15, -0.1) is 0 Å². The van der Waals surface area contributed by atoms with Crippen molar-refractivity contribution >= 4 is 11.6 Å². The molecule has 0 saturated carbocycles. The fourth-order valence-corrected chi connectivity index (χ4v) is 1.77. The Balaban J connectivity index is 2.14. The molecule has 18 heavy (non-hydrogen) atoms. The summed E-state index contributed by atoms with van der Waals surface area (Å²) >= 11 is 0. The lowest BCUT2D eigenvalue weighted by molar-refractivity contribution is 0.188. The first kappa shape index (κ1) is 12.6. The van der Waals surface area contributed by atoms with Gasteiger partial charge in [-0.25, -0.2) is 4.98 Å². The van der Waals surface area contributed by atoms with Gasteiger partial charge in [0.15, 0.2) is 0 Å². The molecule has 96 valence electrons. The maximum atomic E-state index is 5.10. The average molecular weight is 245 g/mol. The molecule has 0 radical (unpaired) electrons. The molecular weight excluding hydrogens is 226 g/mol. The van der Waals surface area contributed by atoms with E-state index < -0.39 is 0 Å². The lowest BCUT2D eigenvalue weighted by Gasteiger charge is -2.09. The lowest BCUT2D eigenvalue weighted by atomic mass is 10.2. The molecule has 0 atom stereocenters. The highest BCUT2D eigenvalue weighted by atomic mass is 16.5. The molecule has 1 aromatic carbocycles. The highest BCUT2D eigenvalue weighted by molar-refractivity contribution is 5.54. The van der Waals surface area contributed by atoms with Crippen LogP contribution < -0.4 is 5.32 Å². The summed E-state index contributed by atoms with van der Waals surface area (Å²) in [4.78, 5) is 4.48. The van der Waals surface area contributed by atoms with E-state index in [0.29, 0.717) is 6.61 Å². The van der Waals surface area contributed by atoms with E-state index >= 15 is 0 Å². The zero-order valence-corrected chi connectivity index (χ0v) is 11.1. The standard InChI is InChI=1S/C14H19N3O/c1-11-4-6-13(7-5-11)16-14-15-12(2)10-17(14)8-9-18-3/h4-7,10H,8-9H2,1-3H3,(H,15,16). The van der Waals surface area contributed by atoms with Gasteiger partial charge in [-0.3, -0.25) is 0 Å². The monoisotopic (exact) mass is 245 g/mol. The minimum absolute atomic E-state index is 0.679. The Labute approximate surface area is 108 Å². The highest BCUT2D eigenvalue weighted by Gasteiger charge is 2.05. The van der Waals surface area contributed by atoms with Gasteiger partial charge in [-0.2, -0.15) is 0 Å². The number of nitrogens with zero attached hydrogens (tertiary/aromatic N) is 2. The van der Waals surface area contributed by atoms with Gasteiger partial charge in [-0.1, -0.05) is 17.7 Å². The number of aryl methyl sites for hydroxylation is 2. The minimum atomic E-state index is 0.679. The fourth-order valence-electron chi connectivity index (χ4n) is 1.77. The van der Waals surface area contributed by atoms with Crippen molar-refractivity contribution in [2.45, 2.75) is 20.4 Å². The van der Waals surface area contributed by atoms with Crippen LogP contribution in [0.2, 0.25) is 0 Å². The third kappa shape index (κ3) is 3.11. The molecule has 2 rings (SSSR count). The number of anilines is 2. The van der Waals surface area contributed by atoms with E-state index in [2.05, 4.69) is 46.1 Å². The molecule has 0 aliphatic heterocycles. The SMILES string of the molecule is COCCn1cc(C)nc1Nc1ccc(C)cc1. The number of imidazole rings is 1. The van der Waals surface area contributed by atoms with Crippen molar-refractivity contribution in [2.75, 3.05) is 19.0 Å². The molecular formula is C14H19N3O. The second-order valence-electron chi connectivity index (χ2n) is 4.38. The van der Waals surface area contributed by atoms with E-state index in [4.69, 9.17) is 4.74 Å². The van der Waals surface area contributed by atoms with Crippen molar-refractivity contribution in [1.29, 1.82) is 0 Å². The predicted octanol–water partition coefficient (Wildman–Crippen LogP) is 2.89. The molecule has 0 fully saturated rings. The zero-order valence-electron chi connectivity index (χ0n) is 11.1. The molecule has 0 amide bonds. The predicted molar refractivity (Wildman–Crippen MR) is 73.3 cm³/mol. The highest BCUT2D eigenvalue weighted by Crippen LogP contribution is 2.16. The van der Waals surface area contributed by atoms with Gasteiger partial charge in [0, 0.05) is 25.5 Å². The van der Waals surface area contributed by atoms with E-state index in [9.17, 15) is 0 Å². The largest absolute Gasteiger partial charge is 0.383 e. The first-order chi connectivity index (χ1) is 8.69. The van der Waals surface area contributed by atoms with Gasteiger partial charge in [0.1, 0.15) is 0 Å². The Bertz CT molecular complexity index is 502. The second kappa shape index (κ2) is 5.69. The van der Waals surface area contributed by atoms with Crippen molar-refractivity contribution in [3.05, 3.63) is 41.7 Å². The number of methoxy groups -OCH3 is 1. The number of hydrogen-bond donors (Lipinski definition) is 1. The smallest absolute Gasteiger partial charge is 0.207 e. The van der Waals surface area contributed by atoms with Crippen molar-refractivity contribution in [1.82, 2.24) is 9.55 Å². The fraction of sp³-hybridized carbons (Fsp3) is 0.357. The average Bonchev–Trinajstić information content (AvgIpc) is 2.70. The van der Waals surface area contributed by atoms with Crippen LogP contribution in [0.15, 0.2) is 30.5 Å². The quantitative estimate of drug-likeness (QED) is 0.880. The summed E-state index contributed by atoms with van der Waals surface area (Å²) in [6, 6.07) is 8.27. The van der Waals surface area contributed by atoms with Gasteiger partial charge in [0.05, 0.1) is 12.3 Å². The molecule has 0 spiro atoms. The summed E-state index contributed by atoms with van der Waals surface area (Å²) in [7, 11) is 1.71. The van der Waals surface area contributed by atoms with Crippen LogP contribution in [-0.2, 0) is 11.3 Å². The molecule has 4 heteroatoms. The molecule has 0 bridgehead atoms. The van der Waals surface area contributed by atoms with E-state index in [1.807, 2.05) is 13.1 Å². The summed E-state index contributed by atoms with van der Waals surface area (Å²) < 4.78 is 7.17. The number of nitrogens with one attached hydrogen (secondary N) is 1. The van der Waals surface area contributed by atoms with Crippen molar-refractivity contribution < 1.29 is 4.74 Å².